The Bertz CT molecular complexity index is 305. The Hall–Kier alpha value is -1.26. The summed E-state index contributed by atoms with van der Waals surface area (Å²) in [6, 6.07) is 7.89. The molecule has 1 aromatic rings. The second-order valence-electron chi connectivity index (χ2n) is 3.85. The number of methoxy groups -OCH3 is 1. The van der Waals surface area contributed by atoms with E-state index in [0.29, 0.717) is 0 Å². The second-order valence-corrected chi connectivity index (χ2v) is 3.85. The summed E-state index contributed by atoms with van der Waals surface area (Å²) in [6.45, 7) is 2.02. The Labute approximate surface area is 103 Å². The Morgan fingerprint density at radius 3 is 2.88 bits per heavy atom. The van der Waals surface area contributed by atoms with Crippen LogP contribution in [0.5, 0.6) is 5.75 Å². The van der Waals surface area contributed by atoms with Gasteiger partial charge in [-0.25, -0.2) is 0 Å². The van der Waals surface area contributed by atoms with Gasteiger partial charge < -0.3 is 20.5 Å². The van der Waals surface area contributed by atoms with Gasteiger partial charge in [0.05, 0.1) is 0 Å². The van der Waals surface area contributed by atoms with Crippen molar-refractivity contribution in [1.29, 1.82) is 0 Å². The van der Waals surface area contributed by atoms with Crippen LogP contribution in [0.25, 0.3) is 0 Å². The van der Waals surface area contributed by atoms with E-state index in [9.17, 15) is 0 Å². The molecule has 17 heavy (non-hydrogen) atoms. The zero-order chi connectivity index (χ0) is 12.3. The molecule has 4 heteroatoms. The van der Waals surface area contributed by atoms with Crippen molar-refractivity contribution in [3.8, 4) is 5.75 Å². The van der Waals surface area contributed by atoms with Crippen molar-refractivity contribution < 1.29 is 9.47 Å². The van der Waals surface area contributed by atoms with Crippen LogP contribution in [0.3, 0.4) is 0 Å². The van der Waals surface area contributed by atoms with E-state index >= 15 is 0 Å². The Balaban J connectivity index is 2.27. The molecule has 0 aromatic heterocycles. The first-order valence-electron chi connectivity index (χ1n) is 6.02. The number of rotatable bonds is 9. The molecule has 3 N–H and O–H groups in total. The van der Waals surface area contributed by atoms with Crippen molar-refractivity contribution >= 4 is 5.69 Å². The summed E-state index contributed by atoms with van der Waals surface area (Å²) in [5, 5.41) is 3.36. The minimum absolute atomic E-state index is 0.278. The van der Waals surface area contributed by atoms with Gasteiger partial charge in [0.1, 0.15) is 5.75 Å². The van der Waals surface area contributed by atoms with Crippen molar-refractivity contribution in [1.82, 2.24) is 0 Å². The Kier molecular flexibility index (Phi) is 7.18. The Morgan fingerprint density at radius 1 is 1.24 bits per heavy atom. The van der Waals surface area contributed by atoms with E-state index in [0.717, 1.165) is 37.4 Å². The second kappa shape index (κ2) is 8.84. The summed E-state index contributed by atoms with van der Waals surface area (Å²) in [7, 11) is 1.61. The maximum Gasteiger partial charge on any atom is 0.188 e. The van der Waals surface area contributed by atoms with E-state index in [4.69, 9.17) is 15.2 Å². The van der Waals surface area contributed by atoms with Gasteiger partial charge in [0, 0.05) is 25.4 Å². The van der Waals surface area contributed by atoms with Gasteiger partial charge in [-0.15, -0.1) is 0 Å². The first kappa shape index (κ1) is 13.8. The fraction of sp³-hybridized carbons (Fsp3) is 0.538. The van der Waals surface area contributed by atoms with Gasteiger partial charge in [0.2, 0.25) is 0 Å². The van der Waals surface area contributed by atoms with E-state index in [1.165, 1.54) is 6.42 Å². The lowest BCUT2D eigenvalue weighted by atomic mass is 10.2. The molecular weight excluding hydrogens is 216 g/mol. The number of nitrogens with one attached hydrogen (secondary N) is 1. The van der Waals surface area contributed by atoms with Crippen LogP contribution < -0.4 is 15.8 Å². The number of hydrogen-bond acceptors (Lipinski definition) is 4. The predicted molar refractivity (Wildman–Crippen MR) is 70.3 cm³/mol. The van der Waals surface area contributed by atoms with Crippen LogP contribution >= 0.6 is 0 Å². The van der Waals surface area contributed by atoms with Crippen molar-refractivity contribution in [2.45, 2.75) is 19.3 Å². The third-order valence-electron chi connectivity index (χ3n) is 2.39. The van der Waals surface area contributed by atoms with E-state index in [-0.39, 0.29) is 6.79 Å². The molecule has 0 amide bonds. The summed E-state index contributed by atoms with van der Waals surface area (Å²) < 4.78 is 10.2. The summed E-state index contributed by atoms with van der Waals surface area (Å²) in [4.78, 5) is 0. The van der Waals surface area contributed by atoms with Gasteiger partial charge in [-0.1, -0.05) is 12.5 Å². The van der Waals surface area contributed by atoms with Crippen LogP contribution in [0.1, 0.15) is 19.3 Å². The number of unbranched alkanes of at least 4 members (excludes halogenated alkanes) is 2. The Morgan fingerprint density at radius 2 is 2.12 bits per heavy atom. The zero-order valence-electron chi connectivity index (χ0n) is 10.4. The molecule has 4 nitrogen and oxygen atoms in total. The van der Waals surface area contributed by atoms with Crippen LogP contribution in [0.4, 0.5) is 5.69 Å². The first-order valence-corrected chi connectivity index (χ1v) is 6.02. The maximum atomic E-state index is 5.44. The third kappa shape index (κ3) is 6.14. The average Bonchev–Trinajstić information content (AvgIpc) is 2.37. The van der Waals surface area contributed by atoms with Gasteiger partial charge in [-0.3, -0.25) is 0 Å². The molecule has 0 aliphatic heterocycles. The van der Waals surface area contributed by atoms with Crippen molar-refractivity contribution in [2.24, 2.45) is 5.73 Å². The zero-order valence-corrected chi connectivity index (χ0v) is 10.4. The highest BCUT2D eigenvalue weighted by Crippen LogP contribution is 2.17. The number of hydrogen-bond donors (Lipinski definition) is 2. The van der Waals surface area contributed by atoms with Gasteiger partial charge in [0.15, 0.2) is 6.79 Å². The average molecular weight is 238 g/mol. The number of ether oxygens (including phenoxy) is 2. The minimum Gasteiger partial charge on any atom is -0.467 e. The molecule has 1 aromatic carbocycles. The van der Waals surface area contributed by atoms with E-state index in [1.807, 2.05) is 24.3 Å². The smallest absolute Gasteiger partial charge is 0.188 e. The van der Waals surface area contributed by atoms with Crippen molar-refractivity contribution in [3.05, 3.63) is 24.3 Å². The standard InChI is InChI=1S/C13H22N2O2/c1-16-11-17-13-7-5-6-12(10-13)15-9-4-2-3-8-14/h5-7,10,15H,2-4,8-9,11,14H2,1H3. The van der Waals surface area contributed by atoms with Crippen molar-refractivity contribution in [2.75, 3.05) is 32.3 Å². The van der Waals surface area contributed by atoms with Crippen LogP contribution in [0.2, 0.25) is 0 Å². The lowest BCUT2D eigenvalue weighted by Crippen LogP contribution is -2.04. The monoisotopic (exact) mass is 238 g/mol. The lowest BCUT2D eigenvalue weighted by molar-refractivity contribution is 0.0512. The summed E-state index contributed by atoms with van der Waals surface area (Å²) in [5.41, 5.74) is 6.51. The largest absolute Gasteiger partial charge is 0.467 e. The molecule has 96 valence electrons. The highest BCUT2D eigenvalue weighted by molar-refractivity contribution is 5.48. The topological polar surface area (TPSA) is 56.5 Å². The number of benzene rings is 1. The summed E-state index contributed by atoms with van der Waals surface area (Å²) in [5.74, 6) is 0.818. The molecule has 0 radical (unpaired) electrons. The molecular formula is C13H22N2O2. The molecule has 0 spiro atoms. The SMILES string of the molecule is COCOc1cccc(NCCCCCN)c1. The molecule has 0 aliphatic carbocycles. The molecule has 0 saturated carbocycles. The first-order chi connectivity index (χ1) is 8.36. The van der Waals surface area contributed by atoms with Gasteiger partial charge >= 0.3 is 0 Å². The summed E-state index contributed by atoms with van der Waals surface area (Å²) in [6.07, 6.45) is 3.41. The van der Waals surface area contributed by atoms with E-state index < -0.39 is 0 Å². The van der Waals surface area contributed by atoms with E-state index in [1.54, 1.807) is 7.11 Å². The molecule has 0 unspecified atom stereocenters. The minimum atomic E-state index is 0.278. The van der Waals surface area contributed by atoms with E-state index in [2.05, 4.69) is 5.32 Å². The molecule has 0 bridgehead atoms. The molecule has 0 saturated heterocycles. The number of anilines is 1. The normalized spacial score (nSPS) is 10.2. The van der Waals surface area contributed by atoms with Gasteiger partial charge in [0.25, 0.3) is 0 Å². The van der Waals surface area contributed by atoms with Crippen LogP contribution in [-0.2, 0) is 4.74 Å². The third-order valence-corrected chi connectivity index (χ3v) is 2.39. The van der Waals surface area contributed by atoms with Crippen molar-refractivity contribution in [3.63, 3.8) is 0 Å². The highest BCUT2D eigenvalue weighted by atomic mass is 16.7. The van der Waals surface area contributed by atoms with Gasteiger partial charge in [-0.05, 0) is 31.5 Å². The number of nitrogens with two attached hydrogens (primary N) is 1. The fourth-order valence-electron chi connectivity index (χ4n) is 1.50. The molecule has 0 heterocycles. The van der Waals surface area contributed by atoms with Crippen LogP contribution in [0.15, 0.2) is 24.3 Å². The molecule has 0 atom stereocenters. The quantitative estimate of drug-likeness (QED) is 0.511. The van der Waals surface area contributed by atoms with Crippen LogP contribution in [0, 0.1) is 0 Å². The fourth-order valence-corrected chi connectivity index (χ4v) is 1.50. The molecule has 0 fully saturated rings. The van der Waals surface area contributed by atoms with Gasteiger partial charge in [-0.2, -0.15) is 0 Å². The summed E-state index contributed by atoms with van der Waals surface area (Å²) >= 11 is 0. The molecule has 1 rings (SSSR count). The predicted octanol–water partition coefficient (Wildman–Crippen LogP) is 2.21. The van der Waals surface area contributed by atoms with Crippen LogP contribution in [-0.4, -0.2) is 27.0 Å². The maximum absolute atomic E-state index is 5.44. The lowest BCUT2D eigenvalue weighted by Gasteiger charge is -2.09. The molecule has 0 aliphatic rings. The highest BCUT2D eigenvalue weighted by Gasteiger charge is 1.96.